The van der Waals surface area contributed by atoms with E-state index < -0.39 is 5.91 Å². The summed E-state index contributed by atoms with van der Waals surface area (Å²) in [5.74, 6) is -0.535. The molecule has 31 heavy (non-hydrogen) atoms. The Morgan fingerprint density at radius 3 is 2.35 bits per heavy atom. The van der Waals surface area contributed by atoms with E-state index in [0.29, 0.717) is 41.6 Å². The van der Waals surface area contributed by atoms with E-state index in [1.807, 2.05) is 0 Å². The Balaban J connectivity index is 1.91. The van der Waals surface area contributed by atoms with E-state index in [-0.39, 0.29) is 24.9 Å². The van der Waals surface area contributed by atoms with E-state index in [1.54, 1.807) is 62.8 Å². The van der Waals surface area contributed by atoms with Crippen molar-refractivity contribution in [1.82, 2.24) is 10.2 Å². The number of hydrogen-bond donors (Lipinski definition) is 2. The number of carbonyl (C=O) groups excluding carboxylic acids is 3. The van der Waals surface area contributed by atoms with Crippen LogP contribution in [0.15, 0.2) is 48.5 Å². The SMILES string of the molecule is COCCCN(CC(=O)NCC(=O)Nc1ccc(OC)cc1)C(=O)c1ccccc1Cl. The molecule has 2 aromatic rings. The van der Waals surface area contributed by atoms with Gasteiger partial charge in [-0.15, -0.1) is 0 Å². The second-order valence-corrected chi connectivity index (χ2v) is 7.01. The first-order chi connectivity index (χ1) is 14.9. The Bertz CT molecular complexity index is 889. The Morgan fingerprint density at radius 2 is 1.71 bits per heavy atom. The van der Waals surface area contributed by atoms with E-state index in [0.717, 1.165) is 0 Å². The van der Waals surface area contributed by atoms with Gasteiger partial charge in [0.05, 0.1) is 30.8 Å². The quantitative estimate of drug-likeness (QED) is 0.516. The van der Waals surface area contributed by atoms with Crippen molar-refractivity contribution < 1.29 is 23.9 Å². The fourth-order valence-electron chi connectivity index (χ4n) is 2.74. The first-order valence-electron chi connectivity index (χ1n) is 9.68. The van der Waals surface area contributed by atoms with E-state index >= 15 is 0 Å². The van der Waals surface area contributed by atoms with Crippen molar-refractivity contribution in [2.75, 3.05) is 45.8 Å². The molecule has 0 saturated heterocycles. The van der Waals surface area contributed by atoms with Gasteiger partial charge in [0.2, 0.25) is 11.8 Å². The summed E-state index contributed by atoms with van der Waals surface area (Å²) < 4.78 is 10.1. The summed E-state index contributed by atoms with van der Waals surface area (Å²) in [7, 11) is 3.12. The minimum atomic E-state index is -0.456. The second kappa shape index (κ2) is 12.6. The van der Waals surface area contributed by atoms with Gasteiger partial charge >= 0.3 is 0 Å². The van der Waals surface area contributed by atoms with Crippen LogP contribution >= 0.6 is 11.6 Å². The highest BCUT2D eigenvalue weighted by Crippen LogP contribution is 2.17. The average Bonchev–Trinajstić information content (AvgIpc) is 2.77. The first kappa shape index (κ1) is 24.2. The van der Waals surface area contributed by atoms with Crippen molar-refractivity contribution in [1.29, 1.82) is 0 Å². The number of carbonyl (C=O) groups is 3. The molecule has 0 heterocycles. The topological polar surface area (TPSA) is 97.0 Å². The fraction of sp³-hybridized carbons (Fsp3) is 0.318. The summed E-state index contributed by atoms with van der Waals surface area (Å²) in [6, 6.07) is 13.5. The van der Waals surface area contributed by atoms with Crippen LogP contribution in [0.5, 0.6) is 5.75 Å². The Labute approximate surface area is 186 Å². The lowest BCUT2D eigenvalue weighted by Crippen LogP contribution is -2.43. The zero-order valence-corrected chi connectivity index (χ0v) is 18.3. The van der Waals surface area contributed by atoms with Crippen molar-refractivity contribution in [2.45, 2.75) is 6.42 Å². The summed E-state index contributed by atoms with van der Waals surface area (Å²) in [6.07, 6.45) is 0.554. The molecule has 0 aromatic heterocycles. The molecule has 0 aliphatic rings. The molecule has 166 valence electrons. The molecule has 0 spiro atoms. The third-order valence-electron chi connectivity index (χ3n) is 4.32. The number of halogens is 1. The highest BCUT2D eigenvalue weighted by atomic mass is 35.5. The van der Waals surface area contributed by atoms with Gasteiger partial charge < -0.3 is 25.0 Å². The molecule has 0 aliphatic heterocycles. The number of hydrogen-bond acceptors (Lipinski definition) is 5. The molecular formula is C22H26ClN3O5. The van der Waals surface area contributed by atoms with E-state index in [1.165, 1.54) is 4.90 Å². The van der Waals surface area contributed by atoms with Crippen LogP contribution in [0.25, 0.3) is 0 Å². The molecule has 2 aromatic carbocycles. The number of nitrogens with one attached hydrogen (secondary N) is 2. The number of nitrogens with zero attached hydrogens (tertiary/aromatic N) is 1. The van der Waals surface area contributed by atoms with Gasteiger partial charge in [-0.2, -0.15) is 0 Å². The van der Waals surface area contributed by atoms with Crippen LogP contribution in [-0.2, 0) is 14.3 Å². The number of amides is 3. The molecule has 8 nitrogen and oxygen atoms in total. The molecular weight excluding hydrogens is 422 g/mol. The third-order valence-corrected chi connectivity index (χ3v) is 4.65. The van der Waals surface area contributed by atoms with Crippen molar-refractivity contribution in [3.8, 4) is 5.75 Å². The standard InChI is InChI=1S/C22H26ClN3O5/c1-30-13-5-12-26(22(29)18-6-3-4-7-19(18)23)15-21(28)24-14-20(27)25-16-8-10-17(31-2)11-9-16/h3-4,6-11H,5,12-15H2,1-2H3,(H,24,28)(H,25,27). The minimum absolute atomic E-state index is 0.205. The monoisotopic (exact) mass is 447 g/mol. The molecule has 2 N–H and O–H groups in total. The number of anilines is 1. The van der Waals surface area contributed by atoms with Crippen molar-refractivity contribution in [3.05, 3.63) is 59.1 Å². The lowest BCUT2D eigenvalue weighted by atomic mass is 10.2. The predicted molar refractivity (Wildman–Crippen MR) is 118 cm³/mol. The van der Waals surface area contributed by atoms with Gasteiger partial charge in [-0.25, -0.2) is 0 Å². The minimum Gasteiger partial charge on any atom is -0.497 e. The van der Waals surface area contributed by atoms with E-state index in [4.69, 9.17) is 21.1 Å². The van der Waals surface area contributed by atoms with Gasteiger partial charge in [-0.1, -0.05) is 23.7 Å². The number of methoxy groups -OCH3 is 2. The van der Waals surface area contributed by atoms with Crippen LogP contribution in [0.3, 0.4) is 0 Å². The molecule has 0 fully saturated rings. The Kier molecular flexibility index (Phi) is 9.80. The molecule has 0 bridgehead atoms. The molecule has 0 radical (unpaired) electrons. The molecule has 9 heteroatoms. The Morgan fingerprint density at radius 1 is 1.00 bits per heavy atom. The maximum Gasteiger partial charge on any atom is 0.255 e. The smallest absolute Gasteiger partial charge is 0.255 e. The lowest BCUT2D eigenvalue weighted by Gasteiger charge is -2.22. The fourth-order valence-corrected chi connectivity index (χ4v) is 2.96. The van der Waals surface area contributed by atoms with Crippen molar-refractivity contribution >= 4 is 35.0 Å². The van der Waals surface area contributed by atoms with Gasteiger partial charge in [0, 0.05) is 25.9 Å². The van der Waals surface area contributed by atoms with Gasteiger partial charge in [-0.05, 0) is 42.8 Å². The second-order valence-electron chi connectivity index (χ2n) is 6.61. The summed E-state index contributed by atoms with van der Waals surface area (Å²) in [5.41, 5.74) is 0.891. The maximum atomic E-state index is 12.9. The highest BCUT2D eigenvalue weighted by Gasteiger charge is 2.21. The Hall–Kier alpha value is -3.10. The number of ether oxygens (including phenoxy) is 2. The van der Waals surface area contributed by atoms with Gasteiger partial charge in [-0.3, -0.25) is 14.4 Å². The lowest BCUT2D eigenvalue weighted by molar-refractivity contribution is -0.124. The van der Waals surface area contributed by atoms with Gasteiger partial charge in [0.15, 0.2) is 0 Å². The van der Waals surface area contributed by atoms with Crippen molar-refractivity contribution in [3.63, 3.8) is 0 Å². The summed E-state index contributed by atoms with van der Waals surface area (Å²) >= 11 is 6.13. The summed E-state index contributed by atoms with van der Waals surface area (Å²) in [5, 5.41) is 5.52. The summed E-state index contributed by atoms with van der Waals surface area (Å²) in [6.45, 7) is 0.322. The molecule has 0 saturated carbocycles. The highest BCUT2D eigenvalue weighted by molar-refractivity contribution is 6.33. The van der Waals surface area contributed by atoms with E-state index in [9.17, 15) is 14.4 Å². The van der Waals surface area contributed by atoms with Crippen LogP contribution in [0.1, 0.15) is 16.8 Å². The first-order valence-corrected chi connectivity index (χ1v) is 10.1. The average molecular weight is 448 g/mol. The van der Waals surface area contributed by atoms with Crippen LogP contribution in [-0.4, -0.2) is 63.1 Å². The largest absolute Gasteiger partial charge is 0.497 e. The molecule has 0 atom stereocenters. The molecule has 0 unspecified atom stereocenters. The third kappa shape index (κ3) is 7.92. The zero-order valence-electron chi connectivity index (χ0n) is 17.5. The van der Waals surface area contributed by atoms with E-state index in [2.05, 4.69) is 10.6 Å². The van der Waals surface area contributed by atoms with Crippen LogP contribution in [0, 0.1) is 0 Å². The molecule has 3 amide bonds. The molecule has 0 aliphatic carbocycles. The van der Waals surface area contributed by atoms with Gasteiger partial charge in [0.1, 0.15) is 5.75 Å². The maximum absolute atomic E-state index is 12.9. The van der Waals surface area contributed by atoms with Crippen molar-refractivity contribution in [2.24, 2.45) is 0 Å². The zero-order chi connectivity index (χ0) is 22.6. The number of benzene rings is 2. The van der Waals surface area contributed by atoms with Gasteiger partial charge in [0.25, 0.3) is 5.91 Å². The van der Waals surface area contributed by atoms with Crippen LogP contribution in [0.2, 0.25) is 5.02 Å². The summed E-state index contributed by atoms with van der Waals surface area (Å²) in [4.78, 5) is 38.7. The predicted octanol–water partition coefficient (Wildman–Crippen LogP) is 2.58. The normalized spacial score (nSPS) is 10.3. The number of rotatable bonds is 11. The van der Waals surface area contributed by atoms with Crippen LogP contribution < -0.4 is 15.4 Å². The van der Waals surface area contributed by atoms with Crippen LogP contribution in [0.4, 0.5) is 5.69 Å². The molecule has 2 rings (SSSR count).